The molecule has 1 aromatic rings. The zero-order valence-corrected chi connectivity index (χ0v) is 12.8. The summed E-state index contributed by atoms with van der Waals surface area (Å²) in [5.41, 5.74) is 7.32. The van der Waals surface area contributed by atoms with Crippen LogP contribution in [0.4, 0.5) is 0 Å². The first-order valence-electron chi connectivity index (χ1n) is 8.44. The Hall–Kier alpha value is -1.31. The smallest absolute Gasteiger partial charge is 0.223 e. The van der Waals surface area contributed by atoms with Crippen LogP contribution in [0, 0.1) is 23.2 Å². The molecule has 4 aliphatic carbocycles. The molecule has 112 valence electrons. The van der Waals surface area contributed by atoms with Crippen molar-refractivity contribution in [3.05, 3.63) is 35.9 Å². The van der Waals surface area contributed by atoms with E-state index in [1.807, 2.05) is 0 Å². The molecular weight excluding hydrogens is 258 g/mol. The third-order valence-electron chi connectivity index (χ3n) is 6.88. The molecule has 4 aliphatic rings. The van der Waals surface area contributed by atoms with Gasteiger partial charge in [0.15, 0.2) is 0 Å². The molecule has 2 heteroatoms. The lowest BCUT2D eigenvalue weighted by atomic mass is 9.40. The van der Waals surface area contributed by atoms with Gasteiger partial charge in [-0.3, -0.25) is 4.79 Å². The molecule has 4 bridgehead atoms. The Bertz CT molecular complexity index is 548. The first-order valence-corrected chi connectivity index (χ1v) is 8.44. The quantitative estimate of drug-likeness (QED) is 0.904. The fraction of sp³-hybridized carbons (Fsp3) is 0.632. The molecule has 0 aromatic heterocycles. The highest BCUT2D eigenvalue weighted by molar-refractivity contribution is 5.81. The molecule has 0 aliphatic heterocycles. The van der Waals surface area contributed by atoms with E-state index in [2.05, 4.69) is 37.3 Å². The van der Waals surface area contributed by atoms with Crippen molar-refractivity contribution < 1.29 is 4.79 Å². The summed E-state index contributed by atoms with van der Waals surface area (Å²) in [6.45, 7) is 2.32. The highest BCUT2D eigenvalue weighted by atomic mass is 16.1. The summed E-state index contributed by atoms with van der Waals surface area (Å²) in [4.78, 5) is 12.2. The summed E-state index contributed by atoms with van der Waals surface area (Å²) in [6.07, 6.45) is 6.87. The summed E-state index contributed by atoms with van der Waals surface area (Å²) in [5.74, 6) is 2.18. The molecule has 1 amide bonds. The average Bonchev–Trinajstić information content (AvgIpc) is 2.47. The summed E-state index contributed by atoms with van der Waals surface area (Å²) >= 11 is 0. The zero-order valence-electron chi connectivity index (χ0n) is 12.8. The molecule has 2 nitrogen and oxygen atoms in total. The van der Waals surface area contributed by atoms with Gasteiger partial charge in [0, 0.05) is 0 Å². The second-order valence-electron chi connectivity index (χ2n) is 7.88. The van der Waals surface area contributed by atoms with Crippen LogP contribution in [0.1, 0.15) is 51.0 Å². The van der Waals surface area contributed by atoms with E-state index in [1.54, 1.807) is 0 Å². The lowest BCUT2D eigenvalue weighted by Gasteiger charge is -2.64. The molecule has 4 saturated carbocycles. The van der Waals surface area contributed by atoms with Crippen molar-refractivity contribution >= 4 is 5.91 Å². The van der Waals surface area contributed by atoms with Crippen LogP contribution >= 0.6 is 0 Å². The monoisotopic (exact) mass is 283 g/mol. The fourth-order valence-electron chi connectivity index (χ4n) is 6.33. The highest BCUT2D eigenvalue weighted by Gasteiger charge is 2.62. The zero-order chi connectivity index (χ0) is 14.7. The minimum Gasteiger partial charge on any atom is -0.369 e. The van der Waals surface area contributed by atoms with Crippen LogP contribution in [-0.2, 0) is 10.2 Å². The van der Waals surface area contributed by atoms with Gasteiger partial charge in [0.1, 0.15) is 0 Å². The van der Waals surface area contributed by atoms with Crippen molar-refractivity contribution in [2.45, 2.75) is 50.9 Å². The average molecular weight is 283 g/mol. The van der Waals surface area contributed by atoms with Gasteiger partial charge in [0.25, 0.3) is 0 Å². The standard InChI is InChI=1S/C19H25NO/c1-2-16-13-8-18(15-6-4-3-5-7-15)9-14(16)11-19(10-13,12-18)17(20)21/h3-7,13-14,16H,2,8-12H2,1H3,(H2,20,21). The second kappa shape index (κ2) is 4.34. The minimum absolute atomic E-state index is 0.0354. The lowest BCUT2D eigenvalue weighted by Crippen LogP contribution is -2.61. The molecule has 0 heterocycles. The molecule has 2 unspecified atom stereocenters. The Kier molecular flexibility index (Phi) is 2.76. The largest absolute Gasteiger partial charge is 0.369 e. The predicted molar refractivity (Wildman–Crippen MR) is 83.6 cm³/mol. The number of benzene rings is 1. The van der Waals surface area contributed by atoms with Gasteiger partial charge >= 0.3 is 0 Å². The summed E-state index contributed by atoms with van der Waals surface area (Å²) in [7, 11) is 0. The number of carbonyl (C=O) groups excluding carboxylic acids is 1. The van der Waals surface area contributed by atoms with Gasteiger partial charge in [-0.15, -0.1) is 0 Å². The maximum absolute atomic E-state index is 12.2. The lowest BCUT2D eigenvalue weighted by molar-refractivity contribution is -0.154. The van der Waals surface area contributed by atoms with Gasteiger partial charge in [-0.2, -0.15) is 0 Å². The number of carbonyl (C=O) groups is 1. The van der Waals surface area contributed by atoms with Crippen LogP contribution in [-0.4, -0.2) is 5.91 Å². The summed E-state index contributed by atoms with van der Waals surface area (Å²) in [5, 5.41) is 0. The number of amides is 1. The van der Waals surface area contributed by atoms with Crippen LogP contribution in [0.3, 0.4) is 0 Å². The topological polar surface area (TPSA) is 43.1 Å². The van der Waals surface area contributed by atoms with E-state index < -0.39 is 0 Å². The van der Waals surface area contributed by atoms with E-state index in [-0.39, 0.29) is 16.7 Å². The number of hydrogen-bond donors (Lipinski definition) is 1. The van der Waals surface area contributed by atoms with E-state index in [0.717, 1.165) is 25.2 Å². The maximum atomic E-state index is 12.2. The van der Waals surface area contributed by atoms with Crippen molar-refractivity contribution in [1.29, 1.82) is 0 Å². The molecule has 2 N–H and O–H groups in total. The predicted octanol–water partition coefficient (Wildman–Crippen LogP) is 3.65. The van der Waals surface area contributed by atoms with Crippen molar-refractivity contribution in [2.75, 3.05) is 0 Å². The molecule has 0 radical (unpaired) electrons. The molecule has 1 aromatic carbocycles. The van der Waals surface area contributed by atoms with Gasteiger partial charge in [-0.05, 0) is 60.8 Å². The van der Waals surface area contributed by atoms with Gasteiger partial charge in [0.05, 0.1) is 5.41 Å². The molecule has 21 heavy (non-hydrogen) atoms. The minimum atomic E-state index is -0.215. The number of nitrogens with two attached hydrogens (primary N) is 1. The first-order chi connectivity index (χ1) is 10.1. The van der Waals surface area contributed by atoms with Crippen LogP contribution in [0.5, 0.6) is 0 Å². The number of rotatable bonds is 3. The highest BCUT2D eigenvalue weighted by Crippen LogP contribution is 2.67. The third kappa shape index (κ3) is 1.74. The Labute approximate surface area is 127 Å². The molecule has 0 spiro atoms. The SMILES string of the molecule is CCC1C2CC3(C(N)=O)CC1CC(c1ccccc1)(C2)C3. The van der Waals surface area contributed by atoms with Crippen LogP contribution in [0.25, 0.3) is 0 Å². The van der Waals surface area contributed by atoms with E-state index in [0.29, 0.717) is 11.8 Å². The van der Waals surface area contributed by atoms with Crippen molar-refractivity contribution in [3.8, 4) is 0 Å². The Morgan fingerprint density at radius 1 is 1.14 bits per heavy atom. The van der Waals surface area contributed by atoms with Crippen LogP contribution in [0.15, 0.2) is 30.3 Å². The van der Waals surface area contributed by atoms with Gasteiger partial charge in [-0.25, -0.2) is 0 Å². The van der Waals surface area contributed by atoms with E-state index in [4.69, 9.17) is 5.73 Å². The summed E-state index contributed by atoms with van der Waals surface area (Å²) in [6, 6.07) is 10.9. The van der Waals surface area contributed by atoms with Crippen molar-refractivity contribution in [3.63, 3.8) is 0 Å². The van der Waals surface area contributed by atoms with Crippen molar-refractivity contribution in [2.24, 2.45) is 28.9 Å². The molecule has 4 fully saturated rings. The van der Waals surface area contributed by atoms with E-state index >= 15 is 0 Å². The molecule has 2 atom stereocenters. The Morgan fingerprint density at radius 2 is 1.76 bits per heavy atom. The molecular formula is C19H25NO. The molecule has 5 rings (SSSR count). The maximum Gasteiger partial charge on any atom is 0.223 e. The Balaban J connectivity index is 1.80. The van der Waals surface area contributed by atoms with Crippen molar-refractivity contribution in [1.82, 2.24) is 0 Å². The number of primary amides is 1. The van der Waals surface area contributed by atoms with Crippen LogP contribution in [0.2, 0.25) is 0 Å². The third-order valence-corrected chi connectivity index (χ3v) is 6.88. The fourth-order valence-corrected chi connectivity index (χ4v) is 6.33. The van der Waals surface area contributed by atoms with Crippen LogP contribution < -0.4 is 5.73 Å². The molecule has 0 saturated heterocycles. The van der Waals surface area contributed by atoms with Gasteiger partial charge in [0.2, 0.25) is 5.91 Å². The number of hydrogen-bond acceptors (Lipinski definition) is 1. The second-order valence-corrected chi connectivity index (χ2v) is 7.88. The van der Waals surface area contributed by atoms with E-state index in [1.165, 1.54) is 24.8 Å². The normalized spacial score (nSPS) is 44.0. The summed E-state index contributed by atoms with van der Waals surface area (Å²) < 4.78 is 0. The Morgan fingerprint density at radius 3 is 2.29 bits per heavy atom. The van der Waals surface area contributed by atoms with Gasteiger partial charge in [-0.1, -0.05) is 43.7 Å². The van der Waals surface area contributed by atoms with Gasteiger partial charge < -0.3 is 5.73 Å². The first kappa shape index (κ1) is 13.4. The van der Waals surface area contributed by atoms with E-state index in [9.17, 15) is 4.79 Å².